The molecule has 1 atom stereocenters. The van der Waals surface area contributed by atoms with Crippen molar-refractivity contribution in [2.45, 2.75) is 31.7 Å². The largest absolute Gasteiger partial charge is 0.297 e. The van der Waals surface area contributed by atoms with Gasteiger partial charge in [0, 0.05) is 13.5 Å². The van der Waals surface area contributed by atoms with Gasteiger partial charge < -0.3 is 0 Å². The molecule has 0 heterocycles. The standard InChI is InChI=1S/C7H12N2O2/c1-9(8-11)6-4-2-3-5-7(6)10/h6H,2-5H2,1H3. The number of likely N-dealkylation sites (N-methyl/N-ethyl adjacent to an activating group) is 1. The highest BCUT2D eigenvalue weighted by atomic mass is 16.3. The van der Waals surface area contributed by atoms with E-state index in [1.54, 1.807) is 7.05 Å². The van der Waals surface area contributed by atoms with Gasteiger partial charge in [-0.05, 0) is 12.8 Å². The SMILES string of the molecule is CN(N=O)C1CCCCC1=O. The van der Waals surface area contributed by atoms with Gasteiger partial charge in [-0.2, -0.15) is 0 Å². The Morgan fingerprint density at radius 1 is 1.55 bits per heavy atom. The Bertz CT molecular complexity index is 170. The number of Topliss-reactive ketones (excluding diaryl/α,β-unsaturated/α-hetero) is 1. The maximum atomic E-state index is 11.2. The summed E-state index contributed by atoms with van der Waals surface area (Å²) >= 11 is 0. The number of hydrogen-bond acceptors (Lipinski definition) is 3. The van der Waals surface area contributed by atoms with Crippen LogP contribution in [0.5, 0.6) is 0 Å². The van der Waals surface area contributed by atoms with Crippen LogP contribution in [0.3, 0.4) is 0 Å². The van der Waals surface area contributed by atoms with Gasteiger partial charge in [0.1, 0.15) is 6.04 Å². The molecule has 0 aromatic rings. The second kappa shape index (κ2) is 3.46. The summed E-state index contributed by atoms with van der Waals surface area (Å²) in [6.07, 6.45) is 3.36. The van der Waals surface area contributed by atoms with Crippen molar-refractivity contribution in [3.63, 3.8) is 0 Å². The van der Waals surface area contributed by atoms with E-state index in [9.17, 15) is 9.70 Å². The molecule has 11 heavy (non-hydrogen) atoms. The fourth-order valence-electron chi connectivity index (χ4n) is 1.42. The Morgan fingerprint density at radius 3 is 2.82 bits per heavy atom. The van der Waals surface area contributed by atoms with Gasteiger partial charge in [-0.3, -0.25) is 9.80 Å². The number of nitroso groups, excluding NO2 is 1. The average molecular weight is 156 g/mol. The Labute approximate surface area is 65.5 Å². The topological polar surface area (TPSA) is 49.7 Å². The first-order valence-electron chi connectivity index (χ1n) is 3.84. The first kappa shape index (κ1) is 8.17. The van der Waals surface area contributed by atoms with Gasteiger partial charge in [-0.15, -0.1) is 4.91 Å². The molecule has 1 unspecified atom stereocenters. The first-order chi connectivity index (χ1) is 5.25. The molecule has 0 amide bonds. The fourth-order valence-corrected chi connectivity index (χ4v) is 1.42. The lowest BCUT2D eigenvalue weighted by atomic mass is 9.94. The Balaban J connectivity index is 2.53. The smallest absolute Gasteiger partial charge is 0.157 e. The fraction of sp³-hybridized carbons (Fsp3) is 0.857. The minimum Gasteiger partial charge on any atom is -0.297 e. The van der Waals surface area contributed by atoms with Gasteiger partial charge in [-0.25, -0.2) is 0 Å². The summed E-state index contributed by atoms with van der Waals surface area (Å²) < 4.78 is 0. The lowest BCUT2D eigenvalue weighted by molar-refractivity contribution is -0.125. The molecule has 0 aromatic carbocycles. The lowest BCUT2D eigenvalue weighted by Crippen LogP contribution is -2.36. The second-order valence-corrected chi connectivity index (χ2v) is 2.88. The van der Waals surface area contributed by atoms with Crippen LogP contribution in [0.2, 0.25) is 0 Å². The predicted octanol–water partition coefficient (Wildman–Crippen LogP) is 1.11. The third-order valence-electron chi connectivity index (χ3n) is 2.10. The zero-order chi connectivity index (χ0) is 8.27. The first-order valence-corrected chi connectivity index (χ1v) is 3.84. The minimum absolute atomic E-state index is 0.151. The van der Waals surface area contributed by atoms with Crippen LogP contribution in [0.1, 0.15) is 25.7 Å². The van der Waals surface area contributed by atoms with E-state index in [1.165, 1.54) is 5.01 Å². The quantitative estimate of drug-likeness (QED) is 0.444. The molecule has 0 aromatic heterocycles. The molecule has 0 radical (unpaired) electrons. The summed E-state index contributed by atoms with van der Waals surface area (Å²) in [7, 11) is 1.56. The number of nitrogens with zero attached hydrogens (tertiary/aromatic N) is 2. The van der Waals surface area contributed by atoms with Crippen LogP contribution in [-0.4, -0.2) is 23.9 Å². The van der Waals surface area contributed by atoms with Crippen molar-refractivity contribution in [1.29, 1.82) is 0 Å². The number of ketones is 1. The number of rotatable bonds is 2. The van der Waals surface area contributed by atoms with E-state index in [2.05, 4.69) is 5.29 Å². The summed E-state index contributed by atoms with van der Waals surface area (Å²) in [5.41, 5.74) is 0. The van der Waals surface area contributed by atoms with Crippen LogP contribution in [0.4, 0.5) is 0 Å². The average Bonchev–Trinajstić information content (AvgIpc) is 2.04. The number of carbonyl (C=O) groups is 1. The normalized spacial score (nSPS) is 24.8. The van der Waals surface area contributed by atoms with Crippen LogP contribution in [0, 0.1) is 4.91 Å². The monoisotopic (exact) mass is 156 g/mol. The zero-order valence-corrected chi connectivity index (χ0v) is 6.62. The van der Waals surface area contributed by atoms with E-state index in [-0.39, 0.29) is 11.8 Å². The Morgan fingerprint density at radius 2 is 2.27 bits per heavy atom. The molecule has 1 aliphatic rings. The predicted molar refractivity (Wildman–Crippen MR) is 40.8 cm³/mol. The van der Waals surface area contributed by atoms with Gasteiger partial charge >= 0.3 is 0 Å². The van der Waals surface area contributed by atoms with E-state index >= 15 is 0 Å². The Kier molecular flexibility index (Phi) is 2.57. The maximum Gasteiger partial charge on any atom is 0.157 e. The van der Waals surface area contributed by atoms with Crippen LogP contribution in [-0.2, 0) is 4.79 Å². The van der Waals surface area contributed by atoms with E-state index in [4.69, 9.17) is 0 Å². The molecule has 1 aliphatic carbocycles. The van der Waals surface area contributed by atoms with Crippen LogP contribution in [0.15, 0.2) is 5.29 Å². The number of carbonyl (C=O) groups excluding carboxylic acids is 1. The Hall–Kier alpha value is -0.930. The highest BCUT2D eigenvalue weighted by Gasteiger charge is 2.25. The molecule has 4 nitrogen and oxygen atoms in total. The summed E-state index contributed by atoms with van der Waals surface area (Å²) in [6, 6.07) is -0.249. The molecule has 0 N–H and O–H groups in total. The van der Waals surface area contributed by atoms with Gasteiger partial charge in [0.05, 0.1) is 5.29 Å². The molecule has 0 saturated heterocycles. The molecule has 4 heteroatoms. The lowest BCUT2D eigenvalue weighted by Gasteiger charge is -2.24. The molecule has 1 fully saturated rings. The third kappa shape index (κ3) is 1.76. The van der Waals surface area contributed by atoms with Crippen molar-refractivity contribution in [2.75, 3.05) is 7.05 Å². The van der Waals surface area contributed by atoms with Gasteiger partial charge in [0.15, 0.2) is 5.78 Å². The summed E-state index contributed by atoms with van der Waals surface area (Å²) in [5.74, 6) is 0.151. The van der Waals surface area contributed by atoms with Crippen molar-refractivity contribution < 1.29 is 4.79 Å². The van der Waals surface area contributed by atoms with Crippen molar-refractivity contribution in [3.8, 4) is 0 Å². The van der Waals surface area contributed by atoms with Crippen LogP contribution >= 0.6 is 0 Å². The summed E-state index contributed by atoms with van der Waals surface area (Å²) in [5, 5.41) is 3.95. The molecule has 0 aliphatic heterocycles. The van der Waals surface area contributed by atoms with Gasteiger partial charge in [0.25, 0.3) is 0 Å². The highest BCUT2D eigenvalue weighted by Crippen LogP contribution is 2.18. The molecular weight excluding hydrogens is 144 g/mol. The van der Waals surface area contributed by atoms with E-state index in [0.717, 1.165) is 19.3 Å². The van der Waals surface area contributed by atoms with Crippen molar-refractivity contribution in [2.24, 2.45) is 5.29 Å². The number of hydrogen-bond donors (Lipinski definition) is 0. The van der Waals surface area contributed by atoms with E-state index in [0.29, 0.717) is 6.42 Å². The molecular formula is C7H12N2O2. The second-order valence-electron chi connectivity index (χ2n) is 2.88. The van der Waals surface area contributed by atoms with Gasteiger partial charge in [-0.1, -0.05) is 6.42 Å². The molecule has 1 saturated carbocycles. The zero-order valence-electron chi connectivity index (χ0n) is 6.62. The maximum absolute atomic E-state index is 11.2. The molecule has 0 bridgehead atoms. The molecule has 1 rings (SSSR count). The van der Waals surface area contributed by atoms with Crippen molar-refractivity contribution >= 4 is 5.78 Å². The molecule has 62 valence electrons. The van der Waals surface area contributed by atoms with Crippen molar-refractivity contribution in [1.82, 2.24) is 5.01 Å². The highest BCUT2D eigenvalue weighted by molar-refractivity contribution is 5.84. The van der Waals surface area contributed by atoms with Crippen LogP contribution < -0.4 is 0 Å². The van der Waals surface area contributed by atoms with Crippen molar-refractivity contribution in [3.05, 3.63) is 4.91 Å². The summed E-state index contributed by atoms with van der Waals surface area (Å²) in [6.45, 7) is 0. The molecule has 0 spiro atoms. The van der Waals surface area contributed by atoms with Gasteiger partial charge in [0.2, 0.25) is 0 Å². The summed E-state index contributed by atoms with van der Waals surface area (Å²) in [4.78, 5) is 21.2. The van der Waals surface area contributed by atoms with E-state index < -0.39 is 0 Å². The third-order valence-corrected chi connectivity index (χ3v) is 2.10. The van der Waals surface area contributed by atoms with E-state index in [1.807, 2.05) is 0 Å². The minimum atomic E-state index is -0.249. The van der Waals surface area contributed by atoms with Crippen LogP contribution in [0.25, 0.3) is 0 Å².